The zero-order chi connectivity index (χ0) is 28.2. The van der Waals surface area contributed by atoms with Crippen molar-refractivity contribution in [2.24, 2.45) is 5.92 Å². The first kappa shape index (κ1) is 28.7. The lowest BCUT2D eigenvalue weighted by Gasteiger charge is -2.35. The van der Waals surface area contributed by atoms with Gasteiger partial charge in [0.2, 0.25) is 5.95 Å². The fraction of sp³-hybridized carbons (Fsp3) is 0.571. The molecule has 1 aliphatic carbocycles. The lowest BCUT2D eigenvalue weighted by Crippen LogP contribution is -2.45. The number of halogens is 2. The summed E-state index contributed by atoms with van der Waals surface area (Å²) in [6, 6.07) is 4.57. The van der Waals surface area contributed by atoms with Crippen molar-refractivity contribution in [3.63, 3.8) is 0 Å². The van der Waals surface area contributed by atoms with E-state index in [0.717, 1.165) is 25.0 Å². The molecule has 0 atom stereocenters. The summed E-state index contributed by atoms with van der Waals surface area (Å²) in [5, 5.41) is 13.1. The van der Waals surface area contributed by atoms with Crippen molar-refractivity contribution in [3.05, 3.63) is 47.7 Å². The molecule has 1 aliphatic heterocycles. The van der Waals surface area contributed by atoms with Crippen LogP contribution in [0.5, 0.6) is 0 Å². The Morgan fingerprint density at radius 3 is 2.44 bits per heavy atom. The highest BCUT2D eigenvalue weighted by atomic mass is 19.1. The number of carbonyl (C=O) groups excluding carboxylic acids is 2. The molecule has 0 unspecified atom stereocenters. The van der Waals surface area contributed by atoms with Gasteiger partial charge in [0, 0.05) is 37.9 Å². The van der Waals surface area contributed by atoms with Gasteiger partial charge in [-0.2, -0.15) is 4.98 Å². The zero-order valence-corrected chi connectivity index (χ0v) is 22.7. The molecule has 0 spiro atoms. The van der Waals surface area contributed by atoms with Gasteiger partial charge >= 0.3 is 6.09 Å². The molecule has 1 saturated heterocycles. The lowest BCUT2D eigenvalue weighted by atomic mass is 9.93. The molecule has 4 rings (SSSR count). The van der Waals surface area contributed by atoms with E-state index < -0.39 is 23.1 Å². The van der Waals surface area contributed by atoms with Gasteiger partial charge in [0.25, 0.3) is 5.91 Å². The van der Waals surface area contributed by atoms with Crippen LogP contribution in [0, 0.1) is 17.6 Å². The van der Waals surface area contributed by atoms with Crippen molar-refractivity contribution in [1.29, 1.82) is 0 Å². The van der Waals surface area contributed by atoms with Crippen LogP contribution < -0.4 is 10.2 Å². The predicted octanol–water partition coefficient (Wildman–Crippen LogP) is 4.76. The van der Waals surface area contributed by atoms with Crippen molar-refractivity contribution < 1.29 is 28.2 Å². The summed E-state index contributed by atoms with van der Waals surface area (Å²) >= 11 is 0. The number of amides is 2. The topological polar surface area (TPSA) is 108 Å². The van der Waals surface area contributed by atoms with Gasteiger partial charge in [0.05, 0.1) is 11.7 Å². The van der Waals surface area contributed by atoms with Crippen LogP contribution in [-0.2, 0) is 4.74 Å². The van der Waals surface area contributed by atoms with Crippen molar-refractivity contribution in [2.45, 2.75) is 77.0 Å². The Kier molecular flexibility index (Phi) is 8.99. The number of benzene rings is 1. The third-order valence-corrected chi connectivity index (χ3v) is 7.06. The number of rotatable bonds is 6. The van der Waals surface area contributed by atoms with Gasteiger partial charge in [-0.3, -0.25) is 9.69 Å². The van der Waals surface area contributed by atoms with E-state index in [1.807, 2.05) is 20.8 Å². The number of ether oxygens (including phenoxy) is 1. The van der Waals surface area contributed by atoms with Gasteiger partial charge in [0.1, 0.15) is 23.1 Å². The molecule has 2 amide bonds. The predicted molar refractivity (Wildman–Crippen MR) is 142 cm³/mol. The molecule has 2 heterocycles. The number of hydrogen-bond acceptors (Lipinski definition) is 7. The third-order valence-electron chi connectivity index (χ3n) is 7.06. The zero-order valence-electron chi connectivity index (χ0n) is 22.7. The highest BCUT2D eigenvalue weighted by Gasteiger charge is 2.31. The molecule has 11 heteroatoms. The van der Waals surface area contributed by atoms with Crippen molar-refractivity contribution >= 4 is 23.8 Å². The second-order valence-electron chi connectivity index (χ2n) is 11.3. The fourth-order valence-corrected chi connectivity index (χ4v) is 4.94. The first-order valence-electron chi connectivity index (χ1n) is 13.5. The number of anilines is 2. The number of aliphatic hydroxyl groups is 1. The van der Waals surface area contributed by atoms with Crippen molar-refractivity contribution in [1.82, 2.24) is 14.9 Å². The van der Waals surface area contributed by atoms with Crippen LogP contribution in [0.2, 0.25) is 0 Å². The number of aliphatic hydroxyl groups excluding tert-OH is 1. The van der Waals surface area contributed by atoms with Crippen LogP contribution in [0.4, 0.5) is 25.3 Å². The summed E-state index contributed by atoms with van der Waals surface area (Å²) in [6.45, 7) is 6.63. The number of carbonyl (C=O) groups is 2. The third kappa shape index (κ3) is 7.84. The molecule has 39 heavy (non-hydrogen) atoms. The van der Waals surface area contributed by atoms with Crippen LogP contribution in [0.3, 0.4) is 0 Å². The van der Waals surface area contributed by atoms with E-state index in [-0.39, 0.29) is 36.3 Å². The molecule has 0 radical (unpaired) electrons. The van der Waals surface area contributed by atoms with Crippen LogP contribution in [0.1, 0.15) is 69.7 Å². The smallest absolute Gasteiger partial charge is 0.410 e. The Labute approximate surface area is 227 Å². The van der Waals surface area contributed by atoms with Gasteiger partial charge in [-0.25, -0.2) is 18.6 Å². The molecule has 2 N–H and O–H groups in total. The largest absolute Gasteiger partial charge is 0.444 e. The molecule has 1 saturated carbocycles. The van der Waals surface area contributed by atoms with Crippen LogP contribution >= 0.6 is 0 Å². The molecule has 212 valence electrons. The standard InChI is InChI=1S/C28H37F2N5O4/c1-28(2,3)39-27(38)34-14-11-18(12-15-34)17-35(25(37)22-9-4-19(29)16-23(22)30)24-10-13-31-26(33-24)32-20-5-7-21(36)8-6-20/h4,9-10,13,16,18,20-21,36H,5-8,11-12,14-15,17H2,1-3H3,(H,31,32,33). The second-order valence-corrected chi connectivity index (χ2v) is 11.3. The molecule has 1 aromatic carbocycles. The molecule has 1 aromatic heterocycles. The summed E-state index contributed by atoms with van der Waals surface area (Å²) < 4.78 is 33.7. The number of likely N-dealkylation sites (tertiary alicyclic amines) is 1. The maximum absolute atomic E-state index is 14.6. The summed E-state index contributed by atoms with van der Waals surface area (Å²) in [4.78, 5) is 38.0. The van der Waals surface area contributed by atoms with Gasteiger partial charge < -0.3 is 20.1 Å². The van der Waals surface area contributed by atoms with Crippen LogP contribution in [0.25, 0.3) is 0 Å². The second kappa shape index (κ2) is 12.2. The minimum Gasteiger partial charge on any atom is -0.444 e. The number of hydrogen-bond donors (Lipinski definition) is 2. The number of piperidine rings is 1. The van der Waals surface area contributed by atoms with E-state index in [2.05, 4.69) is 15.3 Å². The van der Waals surface area contributed by atoms with E-state index in [1.54, 1.807) is 11.0 Å². The Bertz CT molecular complexity index is 1160. The summed E-state index contributed by atoms with van der Waals surface area (Å²) in [7, 11) is 0. The number of nitrogens with zero attached hydrogens (tertiary/aromatic N) is 4. The van der Waals surface area contributed by atoms with Gasteiger partial charge in [-0.15, -0.1) is 0 Å². The molecule has 0 bridgehead atoms. The van der Waals surface area contributed by atoms with Gasteiger partial charge in [-0.05, 0) is 83.4 Å². The molecular formula is C28H37F2N5O4. The minimum atomic E-state index is -0.946. The first-order chi connectivity index (χ1) is 18.5. The molecule has 9 nitrogen and oxygen atoms in total. The normalized spacial score (nSPS) is 20.4. The highest BCUT2D eigenvalue weighted by Crippen LogP contribution is 2.26. The average Bonchev–Trinajstić information content (AvgIpc) is 2.88. The lowest BCUT2D eigenvalue weighted by molar-refractivity contribution is 0.0185. The maximum atomic E-state index is 14.6. The SMILES string of the molecule is CC(C)(C)OC(=O)N1CCC(CN(C(=O)c2ccc(F)cc2F)c2ccnc(NC3CCC(O)CC3)n2)CC1. The van der Waals surface area contributed by atoms with E-state index in [4.69, 9.17) is 4.74 Å². The Balaban J connectivity index is 1.51. The van der Waals surface area contributed by atoms with E-state index in [9.17, 15) is 23.5 Å². The summed E-state index contributed by atoms with van der Waals surface area (Å²) in [5.41, 5.74) is -0.844. The van der Waals surface area contributed by atoms with Crippen LogP contribution in [-0.4, -0.2) is 69.4 Å². The van der Waals surface area contributed by atoms with Crippen molar-refractivity contribution in [3.8, 4) is 0 Å². The summed E-state index contributed by atoms with van der Waals surface area (Å²) in [6.07, 6.45) is 5.03. The Hall–Kier alpha value is -3.34. The van der Waals surface area contributed by atoms with Gasteiger partial charge in [-0.1, -0.05) is 0 Å². The summed E-state index contributed by atoms with van der Waals surface area (Å²) in [5.74, 6) is -1.69. The van der Waals surface area contributed by atoms with Crippen molar-refractivity contribution in [2.75, 3.05) is 29.9 Å². The van der Waals surface area contributed by atoms with Crippen LogP contribution in [0.15, 0.2) is 30.5 Å². The monoisotopic (exact) mass is 545 g/mol. The molecule has 2 aromatic rings. The van der Waals surface area contributed by atoms with E-state index in [0.29, 0.717) is 56.6 Å². The fourth-order valence-electron chi connectivity index (χ4n) is 4.94. The number of aromatic nitrogens is 2. The van der Waals surface area contributed by atoms with Gasteiger partial charge in [0.15, 0.2) is 0 Å². The quantitative estimate of drug-likeness (QED) is 0.539. The molecule has 2 aliphatic rings. The Morgan fingerprint density at radius 1 is 1.10 bits per heavy atom. The highest BCUT2D eigenvalue weighted by molar-refractivity contribution is 6.05. The van der Waals surface area contributed by atoms with E-state index in [1.165, 1.54) is 11.1 Å². The van der Waals surface area contributed by atoms with E-state index >= 15 is 0 Å². The Morgan fingerprint density at radius 2 is 1.79 bits per heavy atom. The minimum absolute atomic E-state index is 0.0161. The molecule has 2 fully saturated rings. The first-order valence-corrected chi connectivity index (χ1v) is 13.5. The number of nitrogens with one attached hydrogen (secondary N) is 1. The average molecular weight is 546 g/mol. The molecular weight excluding hydrogens is 508 g/mol. The maximum Gasteiger partial charge on any atom is 0.410 e.